The van der Waals surface area contributed by atoms with Gasteiger partial charge in [0.15, 0.2) is 11.5 Å². The molecule has 3 aromatic rings. The number of hydrogen-bond donors (Lipinski definition) is 0. The lowest BCUT2D eigenvalue weighted by Crippen LogP contribution is -2.43. The minimum absolute atomic E-state index is 0.0768. The van der Waals surface area contributed by atoms with E-state index in [4.69, 9.17) is 21.1 Å². The van der Waals surface area contributed by atoms with Gasteiger partial charge in [-0.25, -0.2) is 8.42 Å². The second kappa shape index (κ2) is 12.0. The Kier molecular flexibility index (Phi) is 9.21. The number of nitrogens with zero attached hydrogens (tertiary/aromatic N) is 5. The quantitative estimate of drug-likeness (QED) is 0.344. The zero-order chi connectivity index (χ0) is 27.3. The third-order valence-corrected chi connectivity index (χ3v) is 8.46. The van der Waals surface area contributed by atoms with Gasteiger partial charge < -0.3 is 19.3 Å². The van der Waals surface area contributed by atoms with E-state index in [1.165, 1.54) is 48.7 Å². The number of ether oxygens (including phenoxy) is 2. The molecule has 0 unspecified atom stereocenters. The van der Waals surface area contributed by atoms with Crippen LogP contribution in [0.1, 0.15) is 16.9 Å². The monoisotopic (exact) mass is 567 g/mol. The number of aryl methyl sites for hydroxylation is 1. The topological polar surface area (TPSA) is 105 Å². The van der Waals surface area contributed by atoms with Crippen molar-refractivity contribution in [3.05, 3.63) is 51.4 Å². The largest absolute Gasteiger partial charge is 0.493 e. The Hall–Kier alpha value is -3.09. The Morgan fingerprint density at radius 2 is 1.76 bits per heavy atom. The molecule has 13 heteroatoms. The van der Waals surface area contributed by atoms with Crippen molar-refractivity contribution in [3.8, 4) is 11.5 Å². The van der Waals surface area contributed by atoms with Gasteiger partial charge >= 0.3 is 0 Å². The molecule has 0 saturated heterocycles. The molecule has 1 aromatic heterocycles. The number of anilines is 2. The lowest BCUT2D eigenvalue weighted by atomic mass is 10.2. The number of likely N-dealkylation sites (N-methyl/N-ethyl adjacent to an activating group) is 1. The second-order valence-corrected chi connectivity index (χ2v) is 11.7. The molecule has 0 fully saturated rings. The molecule has 2 aromatic carbocycles. The molecule has 0 N–H and O–H groups in total. The highest BCUT2D eigenvalue weighted by atomic mass is 35.5. The van der Waals surface area contributed by atoms with Gasteiger partial charge in [-0.2, -0.15) is 0 Å². The number of aromatic nitrogens is 2. The van der Waals surface area contributed by atoms with E-state index in [1.54, 1.807) is 18.2 Å². The summed E-state index contributed by atoms with van der Waals surface area (Å²) in [6.07, 6.45) is 0. The van der Waals surface area contributed by atoms with Crippen molar-refractivity contribution in [2.75, 3.05) is 50.6 Å². The molecule has 0 bridgehead atoms. The molecular formula is C24H30ClN5O5S2. The van der Waals surface area contributed by atoms with E-state index in [9.17, 15) is 13.2 Å². The summed E-state index contributed by atoms with van der Waals surface area (Å²) in [4.78, 5) is 16.7. The first kappa shape index (κ1) is 28.5. The fraction of sp³-hybridized carbons (Fsp3) is 0.375. The van der Waals surface area contributed by atoms with Gasteiger partial charge in [0, 0.05) is 32.4 Å². The van der Waals surface area contributed by atoms with Crippen molar-refractivity contribution in [1.29, 1.82) is 0 Å². The van der Waals surface area contributed by atoms with Crippen LogP contribution >= 0.6 is 22.9 Å². The SMILES string of the molecule is CCN(Cc1nnc(C)s1)C(=O)CN(c1cc(N(C)C)ccc1Cl)S(=O)(=O)c1ccc(OC)c(OC)c1. The molecule has 1 heterocycles. The fourth-order valence-corrected chi connectivity index (χ4v) is 5.97. The number of amides is 1. The Labute approximate surface area is 226 Å². The van der Waals surface area contributed by atoms with Crippen LogP contribution in [0.25, 0.3) is 0 Å². The molecular weight excluding hydrogens is 538 g/mol. The Morgan fingerprint density at radius 3 is 2.32 bits per heavy atom. The van der Waals surface area contributed by atoms with E-state index >= 15 is 0 Å². The van der Waals surface area contributed by atoms with Gasteiger partial charge in [0.25, 0.3) is 10.0 Å². The first-order valence-corrected chi connectivity index (χ1v) is 13.9. The molecule has 37 heavy (non-hydrogen) atoms. The molecule has 0 aliphatic carbocycles. The Bertz CT molecular complexity index is 1360. The number of sulfonamides is 1. The number of benzene rings is 2. The van der Waals surface area contributed by atoms with Crippen molar-refractivity contribution in [1.82, 2.24) is 15.1 Å². The van der Waals surface area contributed by atoms with Crippen LogP contribution in [0, 0.1) is 6.92 Å². The summed E-state index contributed by atoms with van der Waals surface area (Å²) in [6.45, 7) is 3.75. The van der Waals surface area contributed by atoms with Crippen molar-refractivity contribution in [2.24, 2.45) is 0 Å². The van der Waals surface area contributed by atoms with E-state index in [1.807, 2.05) is 32.8 Å². The average molecular weight is 568 g/mol. The molecule has 1 amide bonds. The van der Waals surface area contributed by atoms with E-state index < -0.39 is 22.5 Å². The minimum atomic E-state index is -4.26. The van der Waals surface area contributed by atoms with Gasteiger partial charge in [0.2, 0.25) is 5.91 Å². The number of hydrogen-bond acceptors (Lipinski definition) is 9. The summed E-state index contributed by atoms with van der Waals surface area (Å²) in [5, 5.41) is 9.72. The van der Waals surface area contributed by atoms with Crippen LogP contribution < -0.4 is 18.7 Å². The van der Waals surface area contributed by atoms with E-state index in [-0.39, 0.29) is 27.9 Å². The highest BCUT2D eigenvalue weighted by molar-refractivity contribution is 7.92. The Morgan fingerprint density at radius 1 is 1.05 bits per heavy atom. The molecule has 0 saturated carbocycles. The maximum absolute atomic E-state index is 14.0. The summed E-state index contributed by atoms with van der Waals surface area (Å²) < 4.78 is 39.6. The number of carbonyl (C=O) groups excluding carboxylic acids is 1. The molecule has 0 atom stereocenters. The molecule has 200 valence electrons. The normalized spacial score (nSPS) is 11.2. The van der Waals surface area contributed by atoms with Crippen LogP contribution in [-0.4, -0.2) is 70.8 Å². The molecule has 0 aliphatic heterocycles. The van der Waals surface area contributed by atoms with E-state index in [0.717, 1.165) is 15.0 Å². The van der Waals surface area contributed by atoms with Crippen molar-refractivity contribution >= 4 is 50.2 Å². The van der Waals surface area contributed by atoms with E-state index in [0.29, 0.717) is 17.3 Å². The smallest absolute Gasteiger partial charge is 0.264 e. The number of methoxy groups -OCH3 is 2. The van der Waals surface area contributed by atoms with Gasteiger partial charge in [-0.05, 0) is 44.2 Å². The van der Waals surface area contributed by atoms with Crippen molar-refractivity contribution < 1.29 is 22.7 Å². The average Bonchev–Trinajstić information content (AvgIpc) is 3.29. The van der Waals surface area contributed by atoms with Gasteiger partial charge in [0.1, 0.15) is 16.6 Å². The summed E-state index contributed by atoms with van der Waals surface area (Å²) >= 11 is 7.90. The van der Waals surface area contributed by atoms with E-state index in [2.05, 4.69) is 10.2 Å². The van der Waals surface area contributed by atoms with Crippen LogP contribution in [0.15, 0.2) is 41.3 Å². The predicted molar refractivity (Wildman–Crippen MR) is 146 cm³/mol. The number of halogens is 1. The molecule has 0 radical (unpaired) electrons. The van der Waals surface area contributed by atoms with Gasteiger partial charge in [-0.3, -0.25) is 9.10 Å². The lowest BCUT2D eigenvalue weighted by Gasteiger charge is -2.29. The van der Waals surface area contributed by atoms with Crippen LogP contribution in [0.3, 0.4) is 0 Å². The third-order valence-electron chi connectivity index (χ3n) is 5.57. The third kappa shape index (κ3) is 6.43. The second-order valence-electron chi connectivity index (χ2n) is 8.18. The van der Waals surface area contributed by atoms with Crippen molar-refractivity contribution in [3.63, 3.8) is 0 Å². The van der Waals surface area contributed by atoms with Crippen LogP contribution in [-0.2, 0) is 21.4 Å². The zero-order valence-electron chi connectivity index (χ0n) is 21.6. The molecule has 0 aliphatic rings. The molecule has 3 rings (SSSR count). The zero-order valence-corrected chi connectivity index (χ0v) is 23.9. The summed E-state index contributed by atoms with van der Waals surface area (Å²) in [6, 6.07) is 9.27. The maximum atomic E-state index is 14.0. The fourth-order valence-electron chi connectivity index (χ4n) is 3.54. The van der Waals surface area contributed by atoms with Gasteiger partial charge in [-0.15, -0.1) is 10.2 Å². The lowest BCUT2D eigenvalue weighted by molar-refractivity contribution is -0.129. The highest BCUT2D eigenvalue weighted by Gasteiger charge is 2.31. The standard InChI is InChI=1S/C24H30ClN5O5S2/c1-7-29(14-23-27-26-16(2)36-23)24(31)15-30(20-12-17(28(3)4)8-10-19(20)25)37(32,33)18-9-11-21(34-5)22(13-18)35-6/h8-13H,7,14-15H2,1-6H3. The Balaban J connectivity index is 2.09. The van der Waals surface area contributed by atoms with Crippen LogP contribution in [0.5, 0.6) is 11.5 Å². The number of rotatable bonds is 11. The summed E-state index contributed by atoms with van der Waals surface area (Å²) in [7, 11) is 2.27. The predicted octanol–water partition coefficient (Wildman–Crippen LogP) is 3.83. The molecule has 0 spiro atoms. The first-order chi connectivity index (χ1) is 17.5. The molecule has 10 nitrogen and oxygen atoms in total. The highest BCUT2D eigenvalue weighted by Crippen LogP contribution is 2.36. The number of carbonyl (C=O) groups is 1. The summed E-state index contributed by atoms with van der Waals surface area (Å²) in [5.74, 6) is 0.205. The first-order valence-electron chi connectivity index (χ1n) is 11.3. The minimum Gasteiger partial charge on any atom is -0.493 e. The van der Waals surface area contributed by atoms with Crippen LogP contribution in [0.2, 0.25) is 5.02 Å². The van der Waals surface area contributed by atoms with Crippen LogP contribution in [0.4, 0.5) is 11.4 Å². The van der Waals surface area contributed by atoms with Crippen molar-refractivity contribution in [2.45, 2.75) is 25.3 Å². The van der Waals surface area contributed by atoms with Gasteiger partial charge in [0.05, 0.1) is 36.4 Å². The maximum Gasteiger partial charge on any atom is 0.264 e. The van der Waals surface area contributed by atoms with Gasteiger partial charge in [-0.1, -0.05) is 22.9 Å². The summed E-state index contributed by atoms with van der Waals surface area (Å²) in [5.41, 5.74) is 0.898.